The van der Waals surface area contributed by atoms with Crippen LogP contribution in [0.2, 0.25) is 0 Å². The number of aromatic amines is 1. The number of nitrogens with zero attached hydrogens (tertiary/aromatic N) is 3. The van der Waals surface area contributed by atoms with Crippen molar-refractivity contribution in [1.29, 1.82) is 0 Å². The van der Waals surface area contributed by atoms with Crippen molar-refractivity contribution in [3.05, 3.63) is 59.2 Å². The second kappa shape index (κ2) is 7.54. The fraction of sp³-hybridized carbons (Fsp3) is 0.294. The Morgan fingerprint density at radius 3 is 3.00 bits per heavy atom. The number of H-pyrrole nitrogens is 1. The van der Waals surface area contributed by atoms with Gasteiger partial charge in [-0.1, -0.05) is 12.1 Å². The Bertz CT molecular complexity index is 870. The van der Waals surface area contributed by atoms with Crippen molar-refractivity contribution >= 4 is 16.8 Å². The molecule has 0 fully saturated rings. The van der Waals surface area contributed by atoms with Gasteiger partial charge in [-0.2, -0.15) is 0 Å². The topological polar surface area (TPSA) is 92.7 Å². The van der Waals surface area contributed by atoms with Crippen LogP contribution < -0.4 is 10.9 Å². The molecule has 0 aliphatic heterocycles. The van der Waals surface area contributed by atoms with Crippen LogP contribution in [0, 0.1) is 0 Å². The Balaban J connectivity index is 1.47. The summed E-state index contributed by atoms with van der Waals surface area (Å²) in [5.41, 5.74) is 1.61. The molecule has 0 aliphatic carbocycles. The van der Waals surface area contributed by atoms with Crippen LogP contribution in [-0.2, 0) is 17.8 Å². The average Bonchev–Trinajstić information content (AvgIpc) is 3.11. The van der Waals surface area contributed by atoms with Crippen molar-refractivity contribution in [1.82, 2.24) is 24.8 Å². The normalized spacial score (nSPS) is 10.8. The van der Waals surface area contributed by atoms with Crippen LogP contribution in [0.15, 0.2) is 47.9 Å². The third kappa shape index (κ3) is 3.87. The lowest BCUT2D eigenvalue weighted by molar-refractivity contribution is -0.121. The number of para-hydroxylation sites is 1. The maximum atomic E-state index is 12.3. The fourth-order valence-electron chi connectivity index (χ4n) is 2.52. The van der Waals surface area contributed by atoms with E-state index in [9.17, 15) is 9.59 Å². The molecule has 3 aromatic rings. The van der Waals surface area contributed by atoms with E-state index >= 15 is 0 Å². The van der Waals surface area contributed by atoms with Gasteiger partial charge in [0.15, 0.2) is 0 Å². The van der Waals surface area contributed by atoms with E-state index < -0.39 is 0 Å². The molecule has 1 amide bonds. The molecule has 124 valence electrons. The zero-order valence-corrected chi connectivity index (χ0v) is 13.2. The lowest BCUT2D eigenvalue weighted by Crippen LogP contribution is -2.26. The van der Waals surface area contributed by atoms with Gasteiger partial charge in [0, 0.05) is 37.8 Å². The summed E-state index contributed by atoms with van der Waals surface area (Å²) in [5, 5.41) is 3.46. The Hall–Kier alpha value is -2.96. The van der Waals surface area contributed by atoms with Gasteiger partial charge in [-0.25, -0.2) is 9.97 Å². The number of carbonyl (C=O) groups excluding carboxylic acids is 1. The van der Waals surface area contributed by atoms with Crippen LogP contribution in [0.4, 0.5) is 0 Å². The van der Waals surface area contributed by atoms with Crippen molar-refractivity contribution in [3.63, 3.8) is 0 Å². The number of benzene rings is 1. The second-order valence-electron chi connectivity index (χ2n) is 5.54. The summed E-state index contributed by atoms with van der Waals surface area (Å²) >= 11 is 0. The molecule has 2 heterocycles. The van der Waals surface area contributed by atoms with E-state index in [1.165, 1.54) is 0 Å². The first kappa shape index (κ1) is 15.9. The Kier molecular flexibility index (Phi) is 5.00. The van der Waals surface area contributed by atoms with Crippen molar-refractivity contribution in [2.45, 2.75) is 25.8 Å². The predicted octanol–water partition coefficient (Wildman–Crippen LogP) is 1.26. The summed E-state index contributed by atoms with van der Waals surface area (Å²) in [6.45, 7) is 1.04. The average molecular weight is 325 g/mol. The number of rotatable bonds is 7. The molecule has 0 saturated carbocycles. The minimum atomic E-state index is -0.0692. The predicted molar refractivity (Wildman–Crippen MR) is 90.5 cm³/mol. The molecule has 0 radical (unpaired) electrons. The van der Waals surface area contributed by atoms with Gasteiger partial charge in [-0.05, 0) is 18.6 Å². The number of aryl methyl sites for hydroxylation is 1. The van der Waals surface area contributed by atoms with Crippen molar-refractivity contribution in [3.8, 4) is 0 Å². The molecule has 0 aliphatic rings. The first-order chi connectivity index (χ1) is 11.7. The zero-order valence-electron chi connectivity index (χ0n) is 13.2. The van der Waals surface area contributed by atoms with E-state index in [1.807, 2.05) is 18.2 Å². The smallest absolute Gasteiger partial charge is 0.261 e. The number of aromatic nitrogens is 4. The molecule has 0 atom stereocenters. The van der Waals surface area contributed by atoms with Crippen LogP contribution in [0.1, 0.15) is 18.5 Å². The van der Waals surface area contributed by atoms with Gasteiger partial charge >= 0.3 is 0 Å². The summed E-state index contributed by atoms with van der Waals surface area (Å²) < 4.78 is 1.56. The molecule has 0 saturated heterocycles. The van der Waals surface area contributed by atoms with E-state index in [-0.39, 0.29) is 11.5 Å². The van der Waals surface area contributed by atoms with Gasteiger partial charge in [0.25, 0.3) is 5.56 Å². The van der Waals surface area contributed by atoms with Gasteiger partial charge < -0.3 is 10.3 Å². The summed E-state index contributed by atoms with van der Waals surface area (Å²) in [4.78, 5) is 35.3. The molecule has 2 N–H and O–H groups in total. The number of nitrogens with one attached hydrogen (secondary N) is 2. The standard InChI is InChI=1S/C17H19N5O2/c23-16(19-8-7-13-10-18-11-20-13)6-3-9-22-12-21-15-5-2-1-4-14(15)17(22)24/h1-2,4-5,10-12H,3,6-9H2,(H,18,20)(H,19,23). The molecule has 1 aromatic carbocycles. The lowest BCUT2D eigenvalue weighted by atomic mass is 10.2. The SMILES string of the molecule is O=C(CCCn1cnc2ccccc2c1=O)NCCc1cnc[nH]1. The van der Waals surface area contributed by atoms with E-state index in [1.54, 1.807) is 29.5 Å². The van der Waals surface area contributed by atoms with E-state index in [0.717, 1.165) is 12.1 Å². The third-order valence-electron chi connectivity index (χ3n) is 3.81. The lowest BCUT2D eigenvalue weighted by Gasteiger charge is -2.07. The van der Waals surface area contributed by atoms with Crippen LogP contribution in [-0.4, -0.2) is 32.0 Å². The molecule has 24 heavy (non-hydrogen) atoms. The first-order valence-corrected chi connectivity index (χ1v) is 7.92. The monoisotopic (exact) mass is 325 g/mol. The van der Waals surface area contributed by atoms with Crippen LogP contribution in [0.3, 0.4) is 0 Å². The summed E-state index contributed by atoms with van der Waals surface area (Å²) in [6, 6.07) is 7.26. The number of carbonyl (C=O) groups is 1. The largest absolute Gasteiger partial charge is 0.356 e. The molecule has 3 rings (SSSR count). The highest BCUT2D eigenvalue weighted by molar-refractivity contribution is 5.77. The molecule has 7 heteroatoms. The molecule has 2 aromatic heterocycles. The minimum Gasteiger partial charge on any atom is -0.356 e. The van der Waals surface area contributed by atoms with E-state index in [4.69, 9.17) is 0 Å². The van der Waals surface area contributed by atoms with Gasteiger partial charge in [0.1, 0.15) is 0 Å². The van der Waals surface area contributed by atoms with Crippen molar-refractivity contribution < 1.29 is 4.79 Å². The molecular formula is C17H19N5O2. The van der Waals surface area contributed by atoms with Crippen LogP contribution in [0.25, 0.3) is 10.9 Å². The Morgan fingerprint density at radius 2 is 2.17 bits per heavy atom. The van der Waals surface area contributed by atoms with Gasteiger partial charge in [0.05, 0.1) is 23.6 Å². The highest BCUT2D eigenvalue weighted by Gasteiger charge is 2.05. The molecule has 0 bridgehead atoms. The van der Waals surface area contributed by atoms with Crippen LogP contribution >= 0.6 is 0 Å². The molecular weight excluding hydrogens is 306 g/mol. The van der Waals surface area contributed by atoms with Crippen LogP contribution in [0.5, 0.6) is 0 Å². The second-order valence-corrected chi connectivity index (χ2v) is 5.54. The van der Waals surface area contributed by atoms with E-state index in [2.05, 4.69) is 20.3 Å². The Labute approximate surface area is 138 Å². The summed E-state index contributed by atoms with van der Waals surface area (Å²) in [6.07, 6.45) is 6.59. The maximum absolute atomic E-state index is 12.3. The highest BCUT2D eigenvalue weighted by atomic mass is 16.1. The molecule has 7 nitrogen and oxygen atoms in total. The highest BCUT2D eigenvalue weighted by Crippen LogP contribution is 2.05. The minimum absolute atomic E-state index is 0.0173. The quantitative estimate of drug-likeness (QED) is 0.684. The molecule has 0 unspecified atom stereocenters. The summed E-state index contributed by atoms with van der Waals surface area (Å²) in [5.74, 6) is -0.0173. The van der Waals surface area contributed by atoms with Crippen molar-refractivity contribution in [2.75, 3.05) is 6.54 Å². The van der Waals surface area contributed by atoms with Gasteiger partial charge in [0.2, 0.25) is 5.91 Å². The maximum Gasteiger partial charge on any atom is 0.261 e. The number of imidazole rings is 1. The number of hydrogen-bond donors (Lipinski definition) is 2. The number of hydrogen-bond acceptors (Lipinski definition) is 4. The van der Waals surface area contributed by atoms with Crippen molar-refractivity contribution in [2.24, 2.45) is 0 Å². The zero-order chi connectivity index (χ0) is 16.8. The van der Waals surface area contributed by atoms with Gasteiger partial charge in [-0.15, -0.1) is 0 Å². The molecule has 0 spiro atoms. The number of fused-ring (bicyclic) bond motifs is 1. The van der Waals surface area contributed by atoms with Gasteiger partial charge in [-0.3, -0.25) is 14.2 Å². The Morgan fingerprint density at radius 1 is 1.29 bits per heavy atom. The third-order valence-corrected chi connectivity index (χ3v) is 3.81. The first-order valence-electron chi connectivity index (χ1n) is 7.92. The fourth-order valence-corrected chi connectivity index (χ4v) is 2.52. The van der Waals surface area contributed by atoms with E-state index in [0.29, 0.717) is 36.8 Å². The summed E-state index contributed by atoms with van der Waals surface area (Å²) in [7, 11) is 0. The number of amides is 1.